The smallest absolute Gasteiger partial charge is 0.270 e. The molecule has 0 aliphatic carbocycles. The van der Waals surface area contributed by atoms with Crippen molar-refractivity contribution in [3.8, 4) is 0 Å². The monoisotopic (exact) mass is 393 g/mol. The minimum Gasteiger partial charge on any atom is -0.347 e. The molecule has 9 heteroatoms. The van der Waals surface area contributed by atoms with Gasteiger partial charge in [0.05, 0.1) is 0 Å². The maximum Gasteiger partial charge on any atom is 0.270 e. The molecular weight excluding hydrogens is 373 g/mol. The Kier molecular flexibility index (Phi) is 5.55. The van der Waals surface area contributed by atoms with Crippen LogP contribution in [0.3, 0.4) is 0 Å². The molecule has 2 aromatic heterocycles. The second-order valence-electron chi connectivity index (χ2n) is 6.57. The Bertz CT molecular complexity index is 960. The molecule has 0 unspecified atom stereocenters. The molecule has 4 rings (SSSR count). The van der Waals surface area contributed by atoms with Crippen LogP contribution < -0.4 is 15.1 Å². The number of nitrogens with zero attached hydrogens (tertiary/aromatic N) is 6. The zero-order valence-electron chi connectivity index (χ0n) is 15.7. The van der Waals surface area contributed by atoms with Gasteiger partial charge in [-0.2, -0.15) is 0 Å². The third-order valence-electron chi connectivity index (χ3n) is 4.64. The number of piperazine rings is 1. The predicted molar refractivity (Wildman–Crippen MR) is 106 cm³/mol. The molecule has 1 amide bonds. The minimum atomic E-state index is -0.306. The summed E-state index contributed by atoms with van der Waals surface area (Å²) in [4.78, 5) is 33.9. The van der Waals surface area contributed by atoms with E-state index in [1.807, 2.05) is 4.90 Å². The number of amides is 1. The van der Waals surface area contributed by atoms with Crippen molar-refractivity contribution < 1.29 is 9.18 Å². The lowest BCUT2D eigenvalue weighted by Crippen LogP contribution is -2.47. The fourth-order valence-corrected chi connectivity index (χ4v) is 3.06. The van der Waals surface area contributed by atoms with E-state index in [1.165, 1.54) is 12.1 Å². The van der Waals surface area contributed by atoms with Crippen molar-refractivity contribution in [1.29, 1.82) is 0 Å². The normalized spacial score (nSPS) is 14.0. The van der Waals surface area contributed by atoms with Gasteiger partial charge in [-0.05, 0) is 29.8 Å². The molecule has 1 aromatic carbocycles. The highest BCUT2D eigenvalue weighted by Gasteiger charge is 2.21. The SMILES string of the molecule is O=C(NCc1ccc(F)cc1)c1ccnc(N2CCN(c3ncccn3)CC2)n1. The lowest BCUT2D eigenvalue weighted by molar-refractivity contribution is 0.0946. The molecule has 1 N–H and O–H groups in total. The third kappa shape index (κ3) is 4.63. The van der Waals surface area contributed by atoms with Gasteiger partial charge in [0.15, 0.2) is 0 Å². The molecule has 148 valence electrons. The van der Waals surface area contributed by atoms with Crippen LogP contribution in [0.1, 0.15) is 16.1 Å². The van der Waals surface area contributed by atoms with Crippen molar-refractivity contribution in [2.45, 2.75) is 6.54 Å². The van der Waals surface area contributed by atoms with Crippen molar-refractivity contribution >= 4 is 17.8 Å². The van der Waals surface area contributed by atoms with Crippen molar-refractivity contribution in [2.75, 3.05) is 36.0 Å². The molecule has 0 saturated carbocycles. The quantitative estimate of drug-likeness (QED) is 0.705. The van der Waals surface area contributed by atoms with Crippen molar-refractivity contribution in [1.82, 2.24) is 25.3 Å². The van der Waals surface area contributed by atoms with Crippen molar-refractivity contribution in [3.05, 3.63) is 72.1 Å². The van der Waals surface area contributed by atoms with E-state index in [2.05, 4.69) is 30.2 Å². The van der Waals surface area contributed by atoms with Crippen LogP contribution in [0.5, 0.6) is 0 Å². The van der Waals surface area contributed by atoms with Gasteiger partial charge >= 0.3 is 0 Å². The zero-order valence-corrected chi connectivity index (χ0v) is 15.7. The van der Waals surface area contributed by atoms with Gasteiger partial charge in [-0.3, -0.25) is 4.79 Å². The molecule has 0 spiro atoms. The number of nitrogens with one attached hydrogen (secondary N) is 1. The molecule has 3 heterocycles. The minimum absolute atomic E-state index is 0.297. The van der Waals surface area contributed by atoms with E-state index < -0.39 is 0 Å². The number of aromatic nitrogens is 4. The highest BCUT2D eigenvalue weighted by atomic mass is 19.1. The summed E-state index contributed by atoms with van der Waals surface area (Å²) >= 11 is 0. The molecule has 29 heavy (non-hydrogen) atoms. The Hall–Kier alpha value is -3.62. The third-order valence-corrected chi connectivity index (χ3v) is 4.64. The summed E-state index contributed by atoms with van der Waals surface area (Å²) in [5.74, 6) is 0.629. The summed E-state index contributed by atoms with van der Waals surface area (Å²) in [5.41, 5.74) is 1.11. The highest BCUT2D eigenvalue weighted by Crippen LogP contribution is 2.14. The number of hydrogen-bond acceptors (Lipinski definition) is 7. The first kappa shape index (κ1) is 18.7. The summed E-state index contributed by atoms with van der Waals surface area (Å²) in [5, 5.41) is 2.80. The van der Waals surface area contributed by atoms with E-state index in [-0.39, 0.29) is 11.7 Å². The first-order valence-electron chi connectivity index (χ1n) is 9.32. The molecule has 1 aliphatic heterocycles. The summed E-state index contributed by atoms with van der Waals surface area (Å²) in [6, 6.07) is 9.38. The number of benzene rings is 1. The second-order valence-corrected chi connectivity index (χ2v) is 6.57. The van der Waals surface area contributed by atoms with Crippen LogP contribution >= 0.6 is 0 Å². The fraction of sp³-hybridized carbons (Fsp3) is 0.250. The second kappa shape index (κ2) is 8.59. The van der Waals surface area contributed by atoms with Crippen LogP contribution in [0.4, 0.5) is 16.3 Å². The average molecular weight is 393 g/mol. The van der Waals surface area contributed by atoms with Gasteiger partial charge in [0.2, 0.25) is 11.9 Å². The van der Waals surface area contributed by atoms with Gasteiger partial charge in [0.1, 0.15) is 11.5 Å². The van der Waals surface area contributed by atoms with E-state index in [0.717, 1.165) is 18.7 Å². The topological polar surface area (TPSA) is 87.1 Å². The number of carbonyl (C=O) groups excluding carboxylic acids is 1. The molecule has 0 bridgehead atoms. The number of halogens is 1. The van der Waals surface area contributed by atoms with Gasteiger partial charge in [0.25, 0.3) is 5.91 Å². The molecule has 8 nitrogen and oxygen atoms in total. The molecule has 1 fully saturated rings. The Labute approximate surface area is 167 Å². The van der Waals surface area contributed by atoms with Crippen LogP contribution in [0, 0.1) is 5.82 Å². The summed E-state index contributed by atoms with van der Waals surface area (Å²) in [7, 11) is 0. The largest absolute Gasteiger partial charge is 0.347 e. The first-order valence-corrected chi connectivity index (χ1v) is 9.32. The maximum absolute atomic E-state index is 13.0. The van der Waals surface area contributed by atoms with Crippen molar-refractivity contribution in [3.63, 3.8) is 0 Å². The summed E-state index contributed by atoms with van der Waals surface area (Å²) in [6.45, 7) is 3.20. The van der Waals surface area contributed by atoms with E-state index >= 15 is 0 Å². The van der Waals surface area contributed by atoms with E-state index in [4.69, 9.17) is 0 Å². The van der Waals surface area contributed by atoms with E-state index in [1.54, 1.807) is 42.9 Å². The number of carbonyl (C=O) groups is 1. The predicted octanol–water partition coefficient (Wildman–Crippen LogP) is 1.66. The highest BCUT2D eigenvalue weighted by molar-refractivity contribution is 5.92. The average Bonchev–Trinajstić information content (AvgIpc) is 2.79. The van der Waals surface area contributed by atoms with Crippen LogP contribution in [-0.4, -0.2) is 52.0 Å². The number of anilines is 2. The van der Waals surface area contributed by atoms with Gasteiger partial charge in [0, 0.05) is 51.3 Å². The van der Waals surface area contributed by atoms with Crippen LogP contribution in [0.25, 0.3) is 0 Å². The Morgan fingerprint density at radius 3 is 2.21 bits per heavy atom. The lowest BCUT2D eigenvalue weighted by atomic mass is 10.2. The Morgan fingerprint density at radius 2 is 1.52 bits per heavy atom. The van der Waals surface area contributed by atoms with E-state index in [9.17, 15) is 9.18 Å². The van der Waals surface area contributed by atoms with Gasteiger partial charge in [-0.25, -0.2) is 24.3 Å². The zero-order chi connectivity index (χ0) is 20.1. The Balaban J connectivity index is 1.36. The molecule has 3 aromatic rings. The summed E-state index contributed by atoms with van der Waals surface area (Å²) < 4.78 is 13.0. The molecule has 1 aliphatic rings. The maximum atomic E-state index is 13.0. The lowest BCUT2D eigenvalue weighted by Gasteiger charge is -2.34. The first-order chi connectivity index (χ1) is 14.2. The summed E-state index contributed by atoms with van der Waals surface area (Å²) in [6.07, 6.45) is 5.04. The van der Waals surface area contributed by atoms with Crippen LogP contribution in [0.2, 0.25) is 0 Å². The van der Waals surface area contributed by atoms with Gasteiger partial charge in [-0.1, -0.05) is 12.1 Å². The van der Waals surface area contributed by atoms with Crippen molar-refractivity contribution in [2.24, 2.45) is 0 Å². The molecule has 1 saturated heterocycles. The fourth-order valence-electron chi connectivity index (χ4n) is 3.06. The standard InChI is InChI=1S/C20H20FN7O/c21-16-4-2-15(3-5-16)14-25-18(29)17-6-9-24-20(26-17)28-12-10-27(11-13-28)19-22-7-1-8-23-19/h1-9H,10-14H2,(H,25,29). The van der Waals surface area contributed by atoms with Gasteiger partial charge < -0.3 is 15.1 Å². The van der Waals surface area contributed by atoms with Crippen LogP contribution in [0.15, 0.2) is 55.0 Å². The molecule has 0 radical (unpaired) electrons. The molecular formula is C20H20FN7O. The van der Waals surface area contributed by atoms with E-state index in [0.29, 0.717) is 37.2 Å². The molecule has 0 atom stereocenters. The number of rotatable bonds is 5. The van der Waals surface area contributed by atoms with Gasteiger partial charge in [-0.15, -0.1) is 0 Å². The van der Waals surface area contributed by atoms with Crippen LogP contribution in [-0.2, 0) is 6.54 Å². The Morgan fingerprint density at radius 1 is 0.897 bits per heavy atom. The number of hydrogen-bond donors (Lipinski definition) is 1.